The number of nitrogens with two attached hydrogens (primary N) is 1. The molecule has 0 spiro atoms. The van der Waals surface area contributed by atoms with Gasteiger partial charge in [-0.1, -0.05) is 39.7 Å². The van der Waals surface area contributed by atoms with Crippen molar-refractivity contribution >= 4 is 27.5 Å². The van der Waals surface area contributed by atoms with Crippen molar-refractivity contribution in [1.82, 2.24) is 5.43 Å². The lowest BCUT2D eigenvalue weighted by molar-refractivity contribution is 0.483. The zero-order valence-corrected chi connectivity index (χ0v) is 12.0. The van der Waals surface area contributed by atoms with E-state index in [-0.39, 0.29) is 5.56 Å². The predicted molar refractivity (Wildman–Crippen MR) is 74.7 cm³/mol. The van der Waals surface area contributed by atoms with E-state index in [2.05, 4.69) is 21.4 Å². The zero-order valence-electron chi connectivity index (χ0n) is 9.63. The van der Waals surface area contributed by atoms with E-state index in [0.717, 1.165) is 10.5 Å². The van der Waals surface area contributed by atoms with Gasteiger partial charge in [0.2, 0.25) is 0 Å². The van der Waals surface area contributed by atoms with E-state index in [0.29, 0.717) is 10.6 Å². The molecule has 0 heterocycles. The Morgan fingerprint density at radius 2 is 1.95 bits per heavy atom. The van der Waals surface area contributed by atoms with Crippen LogP contribution < -0.4 is 11.3 Å². The summed E-state index contributed by atoms with van der Waals surface area (Å²) in [6, 6.07) is 8.34. The number of hydrazine groups is 1. The van der Waals surface area contributed by atoms with Crippen LogP contribution in [0.1, 0.15) is 17.2 Å². The second kappa shape index (κ2) is 5.96. The number of hydrogen-bond donors (Lipinski definition) is 2. The summed E-state index contributed by atoms with van der Waals surface area (Å²) in [5, 5.41) is 0.474. The molecule has 0 aromatic heterocycles. The van der Waals surface area contributed by atoms with E-state index in [1.807, 2.05) is 0 Å². The first-order chi connectivity index (χ1) is 9.02. The van der Waals surface area contributed by atoms with Crippen LogP contribution in [-0.2, 0) is 0 Å². The third-order valence-corrected chi connectivity index (χ3v) is 3.35. The maximum atomic E-state index is 13.8. The van der Waals surface area contributed by atoms with Crippen molar-refractivity contribution in [3.8, 4) is 0 Å². The Kier molecular flexibility index (Phi) is 4.52. The second-order valence-electron chi connectivity index (χ2n) is 3.95. The van der Waals surface area contributed by atoms with Crippen LogP contribution in [0.4, 0.5) is 8.78 Å². The Bertz CT molecular complexity index is 587. The molecular weight excluding hydrogens is 338 g/mol. The molecule has 6 heteroatoms. The minimum atomic E-state index is -0.929. The highest BCUT2D eigenvalue weighted by atomic mass is 79.9. The van der Waals surface area contributed by atoms with Gasteiger partial charge in [0.15, 0.2) is 11.6 Å². The number of halogens is 4. The molecule has 3 N–H and O–H groups in total. The van der Waals surface area contributed by atoms with E-state index >= 15 is 0 Å². The lowest BCUT2D eigenvalue weighted by atomic mass is 9.99. The molecule has 0 saturated carbocycles. The van der Waals surface area contributed by atoms with Gasteiger partial charge < -0.3 is 0 Å². The van der Waals surface area contributed by atoms with Gasteiger partial charge in [0.25, 0.3) is 0 Å². The van der Waals surface area contributed by atoms with Crippen LogP contribution in [0.5, 0.6) is 0 Å². The van der Waals surface area contributed by atoms with Crippen LogP contribution in [0.2, 0.25) is 5.02 Å². The molecule has 2 aromatic rings. The Labute approximate surface area is 122 Å². The minimum absolute atomic E-state index is 0.122. The molecular formula is C13H10BrClF2N2. The molecule has 2 rings (SSSR count). The molecule has 0 radical (unpaired) electrons. The standard InChI is InChI=1S/C13H10BrClF2N2/c14-8-4-7(5-9(15)6-8)13(19-18)10-2-1-3-11(16)12(10)17/h1-6,13,19H,18H2. The van der Waals surface area contributed by atoms with Crippen molar-refractivity contribution in [3.05, 3.63) is 68.7 Å². The molecule has 1 unspecified atom stereocenters. The first kappa shape index (κ1) is 14.4. The molecule has 0 amide bonds. The quantitative estimate of drug-likeness (QED) is 0.652. The van der Waals surface area contributed by atoms with Gasteiger partial charge >= 0.3 is 0 Å². The summed E-state index contributed by atoms with van der Waals surface area (Å²) < 4.78 is 27.8. The lowest BCUT2D eigenvalue weighted by Gasteiger charge is -2.18. The SMILES string of the molecule is NNC(c1cc(Cl)cc(Br)c1)c1cccc(F)c1F. The molecule has 100 valence electrons. The van der Waals surface area contributed by atoms with Gasteiger partial charge in [-0.2, -0.15) is 0 Å². The molecule has 0 aliphatic rings. The molecule has 2 aromatic carbocycles. The fourth-order valence-electron chi connectivity index (χ4n) is 1.85. The van der Waals surface area contributed by atoms with E-state index in [1.54, 1.807) is 18.2 Å². The van der Waals surface area contributed by atoms with Crippen molar-refractivity contribution in [2.45, 2.75) is 6.04 Å². The van der Waals surface area contributed by atoms with Crippen LogP contribution in [0.25, 0.3) is 0 Å². The number of benzene rings is 2. The summed E-state index contributed by atoms with van der Waals surface area (Å²) >= 11 is 9.24. The largest absolute Gasteiger partial charge is 0.271 e. The highest BCUT2D eigenvalue weighted by molar-refractivity contribution is 9.10. The smallest absolute Gasteiger partial charge is 0.163 e. The minimum Gasteiger partial charge on any atom is -0.271 e. The lowest BCUT2D eigenvalue weighted by Crippen LogP contribution is -2.29. The van der Waals surface area contributed by atoms with Gasteiger partial charge in [-0.3, -0.25) is 5.84 Å². The molecule has 0 fully saturated rings. The average Bonchev–Trinajstić information content (AvgIpc) is 2.34. The number of nitrogens with one attached hydrogen (secondary N) is 1. The Balaban J connectivity index is 2.53. The monoisotopic (exact) mass is 346 g/mol. The van der Waals surface area contributed by atoms with Crippen LogP contribution >= 0.6 is 27.5 Å². The summed E-state index contributed by atoms with van der Waals surface area (Å²) in [4.78, 5) is 0. The molecule has 0 aliphatic carbocycles. The first-order valence-corrected chi connectivity index (χ1v) is 6.56. The van der Waals surface area contributed by atoms with Gasteiger partial charge in [-0.05, 0) is 29.8 Å². The number of rotatable bonds is 3. The molecule has 0 saturated heterocycles. The van der Waals surface area contributed by atoms with Gasteiger partial charge in [0, 0.05) is 15.1 Å². The summed E-state index contributed by atoms with van der Waals surface area (Å²) in [6.45, 7) is 0. The van der Waals surface area contributed by atoms with Crippen LogP contribution in [-0.4, -0.2) is 0 Å². The Morgan fingerprint density at radius 3 is 2.58 bits per heavy atom. The maximum Gasteiger partial charge on any atom is 0.163 e. The Morgan fingerprint density at radius 1 is 1.21 bits per heavy atom. The van der Waals surface area contributed by atoms with Gasteiger partial charge in [0.05, 0.1) is 6.04 Å². The fraction of sp³-hybridized carbons (Fsp3) is 0.0769. The van der Waals surface area contributed by atoms with Crippen molar-refractivity contribution < 1.29 is 8.78 Å². The third-order valence-electron chi connectivity index (χ3n) is 2.68. The molecule has 2 nitrogen and oxygen atoms in total. The molecule has 1 atom stereocenters. The van der Waals surface area contributed by atoms with Crippen LogP contribution in [0, 0.1) is 11.6 Å². The summed E-state index contributed by atoms with van der Waals surface area (Å²) in [5.74, 6) is 3.61. The predicted octanol–water partition coefficient (Wildman–Crippen LogP) is 3.93. The fourth-order valence-corrected chi connectivity index (χ4v) is 2.74. The van der Waals surface area contributed by atoms with Gasteiger partial charge in [-0.15, -0.1) is 0 Å². The second-order valence-corrected chi connectivity index (χ2v) is 5.30. The average molecular weight is 348 g/mol. The van der Waals surface area contributed by atoms with Crippen molar-refractivity contribution in [1.29, 1.82) is 0 Å². The highest BCUT2D eigenvalue weighted by Gasteiger charge is 2.19. The van der Waals surface area contributed by atoms with E-state index in [1.165, 1.54) is 12.1 Å². The van der Waals surface area contributed by atoms with Crippen molar-refractivity contribution in [2.75, 3.05) is 0 Å². The normalized spacial score (nSPS) is 12.5. The first-order valence-electron chi connectivity index (χ1n) is 5.39. The number of hydrogen-bond acceptors (Lipinski definition) is 2. The summed E-state index contributed by atoms with van der Waals surface area (Å²) in [7, 11) is 0. The molecule has 19 heavy (non-hydrogen) atoms. The maximum absolute atomic E-state index is 13.8. The van der Waals surface area contributed by atoms with E-state index in [9.17, 15) is 8.78 Å². The summed E-state index contributed by atoms with van der Waals surface area (Å²) in [5.41, 5.74) is 3.22. The molecule has 0 bridgehead atoms. The Hall–Kier alpha value is -1.01. The van der Waals surface area contributed by atoms with Crippen molar-refractivity contribution in [2.24, 2.45) is 5.84 Å². The summed E-state index contributed by atoms with van der Waals surface area (Å²) in [6.07, 6.45) is 0. The third kappa shape index (κ3) is 3.12. The van der Waals surface area contributed by atoms with Crippen LogP contribution in [0.3, 0.4) is 0 Å². The van der Waals surface area contributed by atoms with Gasteiger partial charge in [-0.25, -0.2) is 14.2 Å². The topological polar surface area (TPSA) is 38.0 Å². The van der Waals surface area contributed by atoms with Gasteiger partial charge in [0.1, 0.15) is 0 Å². The van der Waals surface area contributed by atoms with E-state index < -0.39 is 17.7 Å². The molecule has 0 aliphatic heterocycles. The van der Waals surface area contributed by atoms with Crippen LogP contribution in [0.15, 0.2) is 40.9 Å². The highest BCUT2D eigenvalue weighted by Crippen LogP contribution is 2.29. The van der Waals surface area contributed by atoms with E-state index in [4.69, 9.17) is 17.4 Å². The zero-order chi connectivity index (χ0) is 14.0. The van der Waals surface area contributed by atoms with Crippen molar-refractivity contribution in [3.63, 3.8) is 0 Å².